The summed E-state index contributed by atoms with van der Waals surface area (Å²) < 4.78 is 5.47. The lowest BCUT2D eigenvalue weighted by atomic mass is 10.0. The highest BCUT2D eigenvalue weighted by molar-refractivity contribution is 5.76. The van der Waals surface area contributed by atoms with E-state index in [1.54, 1.807) is 6.08 Å². The van der Waals surface area contributed by atoms with E-state index < -0.39 is 12.1 Å². The zero-order valence-electron chi connectivity index (χ0n) is 48.4. The topological polar surface area (TPSA) is 95.9 Å². The minimum atomic E-state index is -0.860. The Morgan fingerprint density at radius 3 is 1.03 bits per heavy atom. The van der Waals surface area contributed by atoms with E-state index in [9.17, 15) is 19.8 Å². The van der Waals surface area contributed by atoms with Crippen molar-refractivity contribution in [2.75, 3.05) is 13.2 Å². The SMILES string of the molecule is CCCCCCCCCCCCCCCCCCCCC/C=C/C(O)C(CO)NC(=O)CCCCCCCC/C=C\C=C/CCCCCOC(=O)CCCCCCCCCCCCCCCCCCCCC. The number of hydrogen-bond donors (Lipinski definition) is 3. The molecule has 3 N–H and O–H groups in total. The van der Waals surface area contributed by atoms with Crippen LogP contribution in [-0.4, -0.2) is 47.4 Å². The van der Waals surface area contributed by atoms with Crippen molar-refractivity contribution < 1.29 is 24.5 Å². The lowest BCUT2D eigenvalue weighted by Gasteiger charge is -2.20. The van der Waals surface area contributed by atoms with Gasteiger partial charge in [0, 0.05) is 12.8 Å². The van der Waals surface area contributed by atoms with Crippen molar-refractivity contribution in [2.45, 2.75) is 360 Å². The number of hydrogen-bond acceptors (Lipinski definition) is 5. The van der Waals surface area contributed by atoms with Crippen molar-refractivity contribution in [3.8, 4) is 0 Å². The van der Waals surface area contributed by atoms with E-state index in [0.29, 0.717) is 19.4 Å². The summed E-state index contributed by atoms with van der Waals surface area (Å²) in [5, 5.41) is 23.2. The van der Waals surface area contributed by atoms with E-state index in [-0.39, 0.29) is 18.5 Å². The van der Waals surface area contributed by atoms with Gasteiger partial charge in [-0.2, -0.15) is 0 Å². The van der Waals surface area contributed by atoms with Crippen molar-refractivity contribution in [3.63, 3.8) is 0 Å². The smallest absolute Gasteiger partial charge is 0.305 e. The number of amides is 1. The molecule has 0 saturated heterocycles. The molecule has 6 heteroatoms. The fourth-order valence-electron chi connectivity index (χ4n) is 9.98. The second-order valence-electron chi connectivity index (χ2n) is 22.1. The number of aliphatic hydroxyl groups excluding tert-OH is 2. The van der Waals surface area contributed by atoms with Crippen LogP contribution in [0.25, 0.3) is 0 Å². The molecule has 0 aromatic rings. The summed E-state index contributed by atoms with van der Waals surface area (Å²) >= 11 is 0. The largest absolute Gasteiger partial charge is 0.466 e. The molecule has 0 spiro atoms. The predicted octanol–water partition coefficient (Wildman–Crippen LogP) is 20.4. The van der Waals surface area contributed by atoms with Crippen LogP contribution in [0.15, 0.2) is 36.5 Å². The third-order valence-corrected chi connectivity index (χ3v) is 14.9. The predicted molar refractivity (Wildman–Crippen MR) is 315 cm³/mol. The molecule has 0 aromatic carbocycles. The highest BCUT2D eigenvalue weighted by Gasteiger charge is 2.18. The highest BCUT2D eigenvalue weighted by Crippen LogP contribution is 2.18. The molecule has 0 radical (unpaired) electrons. The second kappa shape index (κ2) is 61.6. The standard InChI is InChI=1S/C66H125NO5/c1-3-5-7-9-11-13-15-17-19-21-23-24-26-27-30-34-38-42-46-50-54-58-64(69)63(62-68)67-65(70)59-55-51-47-43-39-35-31-29-33-37-41-45-49-53-57-61-72-66(71)60-56-52-48-44-40-36-32-28-25-22-20-18-16-14-12-10-8-6-4-2/h29,33,37,41,54,58,63-64,68-69H,3-28,30-32,34-36,38-40,42-53,55-57,59-62H2,1-2H3,(H,67,70)/b33-29-,41-37-,58-54+. The number of rotatable bonds is 60. The first-order chi connectivity index (χ1) is 35.5. The fourth-order valence-corrected chi connectivity index (χ4v) is 9.98. The average molecular weight is 1010 g/mol. The van der Waals surface area contributed by atoms with Gasteiger partial charge in [0.25, 0.3) is 0 Å². The summed E-state index contributed by atoms with van der Waals surface area (Å²) in [4.78, 5) is 24.6. The van der Waals surface area contributed by atoms with E-state index in [1.165, 1.54) is 244 Å². The van der Waals surface area contributed by atoms with Crippen molar-refractivity contribution in [2.24, 2.45) is 0 Å². The van der Waals surface area contributed by atoms with Crippen LogP contribution in [0.3, 0.4) is 0 Å². The van der Waals surface area contributed by atoms with Gasteiger partial charge in [-0.15, -0.1) is 0 Å². The molecular weight excluding hydrogens is 887 g/mol. The van der Waals surface area contributed by atoms with E-state index in [4.69, 9.17) is 4.74 Å². The molecule has 0 bridgehead atoms. The molecule has 1 amide bonds. The molecule has 6 nitrogen and oxygen atoms in total. The van der Waals surface area contributed by atoms with Gasteiger partial charge < -0.3 is 20.3 Å². The van der Waals surface area contributed by atoms with Gasteiger partial charge in [-0.05, 0) is 64.2 Å². The zero-order valence-corrected chi connectivity index (χ0v) is 48.4. The molecule has 2 unspecified atom stereocenters. The van der Waals surface area contributed by atoms with Crippen LogP contribution < -0.4 is 5.32 Å². The van der Waals surface area contributed by atoms with Crippen molar-refractivity contribution in [3.05, 3.63) is 36.5 Å². The number of allylic oxidation sites excluding steroid dienone is 5. The van der Waals surface area contributed by atoms with Gasteiger partial charge in [0.15, 0.2) is 0 Å². The maximum Gasteiger partial charge on any atom is 0.305 e. The van der Waals surface area contributed by atoms with E-state index in [1.807, 2.05) is 6.08 Å². The number of ether oxygens (including phenoxy) is 1. The maximum absolute atomic E-state index is 12.5. The molecule has 0 fully saturated rings. The molecule has 0 heterocycles. The van der Waals surface area contributed by atoms with Gasteiger partial charge in [0.2, 0.25) is 5.91 Å². The van der Waals surface area contributed by atoms with Crippen molar-refractivity contribution in [1.82, 2.24) is 5.32 Å². The minimum Gasteiger partial charge on any atom is -0.466 e. The zero-order chi connectivity index (χ0) is 52.2. The number of carbonyl (C=O) groups is 2. The summed E-state index contributed by atoms with van der Waals surface area (Å²) in [5.41, 5.74) is 0. The molecule has 0 aromatic heterocycles. The third kappa shape index (κ3) is 57.4. The Kier molecular flexibility index (Phi) is 60.0. The molecule has 0 rings (SSSR count). The Morgan fingerprint density at radius 2 is 0.681 bits per heavy atom. The summed E-state index contributed by atoms with van der Waals surface area (Å²) in [7, 11) is 0. The Balaban J connectivity index is 3.51. The second-order valence-corrected chi connectivity index (χ2v) is 22.1. The molecule has 72 heavy (non-hydrogen) atoms. The highest BCUT2D eigenvalue weighted by atomic mass is 16.5. The average Bonchev–Trinajstić information content (AvgIpc) is 3.38. The first-order valence-electron chi connectivity index (χ1n) is 32.3. The lowest BCUT2D eigenvalue weighted by molar-refractivity contribution is -0.143. The van der Waals surface area contributed by atoms with Crippen LogP contribution in [0.1, 0.15) is 348 Å². The Morgan fingerprint density at radius 1 is 0.389 bits per heavy atom. The van der Waals surface area contributed by atoms with Crippen LogP contribution in [0.5, 0.6) is 0 Å². The van der Waals surface area contributed by atoms with Crippen LogP contribution in [0, 0.1) is 0 Å². The molecule has 0 aliphatic carbocycles. The van der Waals surface area contributed by atoms with Gasteiger partial charge in [-0.1, -0.05) is 307 Å². The Labute approximate surface area is 449 Å². The van der Waals surface area contributed by atoms with Gasteiger partial charge >= 0.3 is 5.97 Å². The van der Waals surface area contributed by atoms with Gasteiger partial charge in [0.05, 0.1) is 25.4 Å². The van der Waals surface area contributed by atoms with Crippen molar-refractivity contribution in [1.29, 1.82) is 0 Å². The maximum atomic E-state index is 12.5. The first kappa shape index (κ1) is 70.1. The summed E-state index contributed by atoms with van der Waals surface area (Å²) in [6.07, 6.45) is 77.6. The summed E-state index contributed by atoms with van der Waals surface area (Å²) in [5.74, 6) is -0.105. The Bertz CT molecular complexity index is 1170. The van der Waals surface area contributed by atoms with E-state index >= 15 is 0 Å². The van der Waals surface area contributed by atoms with Gasteiger partial charge in [-0.25, -0.2) is 0 Å². The number of unbranched alkanes of at least 4 members (excludes halogenated alkanes) is 46. The van der Waals surface area contributed by atoms with E-state index in [0.717, 1.165) is 77.0 Å². The fraction of sp³-hybridized carbons (Fsp3) is 0.879. The van der Waals surface area contributed by atoms with Crippen molar-refractivity contribution >= 4 is 11.9 Å². The summed E-state index contributed by atoms with van der Waals surface area (Å²) in [6.45, 7) is 4.88. The van der Waals surface area contributed by atoms with Crippen LogP contribution in [0.4, 0.5) is 0 Å². The van der Waals surface area contributed by atoms with Gasteiger partial charge in [0.1, 0.15) is 0 Å². The number of esters is 1. The monoisotopic (exact) mass is 1010 g/mol. The molecule has 2 atom stereocenters. The minimum absolute atomic E-state index is 0.0176. The summed E-state index contributed by atoms with van der Waals surface area (Å²) in [6, 6.07) is -0.646. The van der Waals surface area contributed by atoms with Crippen LogP contribution in [0.2, 0.25) is 0 Å². The normalized spacial score (nSPS) is 12.8. The van der Waals surface area contributed by atoms with Crippen LogP contribution >= 0.6 is 0 Å². The van der Waals surface area contributed by atoms with Gasteiger partial charge in [-0.3, -0.25) is 9.59 Å². The molecule has 0 aliphatic heterocycles. The molecule has 424 valence electrons. The first-order valence-corrected chi connectivity index (χ1v) is 32.3. The molecular formula is C66H125NO5. The number of carbonyl (C=O) groups excluding carboxylic acids is 2. The Hall–Kier alpha value is -1.92. The lowest BCUT2D eigenvalue weighted by Crippen LogP contribution is -2.45. The number of aliphatic hydroxyl groups is 2. The quantitative estimate of drug-likeness (QED) is 0.0244. The molecule has 0 aliphatic rings. The third-order valence-electron chi connectivity index (χ3n) is 14.9. The van der Waals surface area contributed by atoms with Crippen LogP contribution in [-0.2, 0) is 14.3 Å². The van der Waals surface area contributed by atoms with E-state index in [2.05, 4.69) is 43.5 Å². The molecule has 0 saturated carbocycles. The number of nitrogens with one attached hydrogen (secondary N) is 1.